The highest BCUT2D eigenvalue weighted by Gasteiger charge is 2.28. The first kappa shape index (κ1) is 19.5. The topological polar surface area (TPSA) is 52.6 Å². The second-order valence-electron chi connectivity index (χ2n) is 7.56. The van der Waals surface area contributed by atoms with Crippen LogP contribution in [0.3, 0.4) is 0 Å². The van der Waals surface area contributed by atoms with E-state index in [2.05, 4.69) is 32.9 Å². The van der Waals surface area contributed by atoms with Gasteiger partial charge in [0.05, 0.1) is 5.92 Å². The van der Waals surface area contributed by atoms with E-state index in [-0.39, 0.29) is 36.0 Å². The summed E-state index contributed by atoms with van der Waals surface area (Å²) in [7, 11) is 0. The molecule has 1 heterocycles. The molecule has 1 aromatic rings. The highest BCUT2D eigenvalue weighted by Crippen LogP contribution is 2.33. The number of cyclic esters (lactones) is 1. The summed E-state index contributed by atoms with van der Waals surface area (Å²) in [5.41, 5.74) is 3.45. The van der Waals surface area contributed by atoms with Crippen LogP contribution >= 0.6 is 0 Å². The highest BCUT2D eigenvalue weighted by molar-refractivity contribution is 5.72. The summed E-state index contributed by atoms with van der Waals surface area (Å²) >= 11 is 0. The zero-order chi connectivity index (χ0) is 18.6. The van der Waals surface area contributed by atoms with Crippen LogP contribution in [0.5, 0.6) is 0 Å². The number of carbonyl (C=O) groups is 2. The van der Waals surface area contributed by atoms with Crippen molar-refractivity contribution in [3.63, 3.8) is 0 Å². The summed E-state index contributed by atoms with van der Waals surface area (Å²) < 4.78 is 11.1. The van der Waals surface area contributed by atoms with Crippen molar-refractivity contribution in [2.75, 3.05) is 0 Å². The van der Waals surface area contributed by atoms with Gasteiger partial charge in [0.15, 0.2) is 0 Å². The summed E-state index contributed by atoms with van der Waals surface area (Å²) in [4.78, 5) is 23.4. The van der Waals surface area contributed by atoms with Gasteiger partial charge < -0.3 is 9.47 Å². The maximum absolute atomic E-state index is 12.2. The molecule has 0 saturated carbocycles. The first-order valence-electron chi connectivity index (χ1n) is 9.25. The van der Waals surface area contributed by atoms with Gasteiger partial charge in [-0.3, -0.25) is 9.59 Å². The Labute approximate surface area is 150 Å². The highest BCUT2D eigenvalue weighted by atomic mass is 16.6. The minimum Gasteiger partial charge on any atom is -0.462 e. The molecule has 1 fully saturated rings. The Kier molecular flexibility index (Phi) is 6.63. The van der Waals surface area contributed by atoms with Crippen LogP contribution in [0.1, 0.15) is 69.2 Å². The summed E-state index contributed by atoms with van der Waals surface area (Å²) in [6.07, 6.45) is 2.71. The van der Waals surface area contributed by atoms with Crippen LogP contribution in [0.15, 0.2) is 18.2 Å². The van der Waals surface area contributed by atoms with Gasteiger partial charge >= 0.3 is 11.9 Å². The minimum atomic E-state index is -0.272. The van der Waals surface area contributed by atoms with Crippen LogP contribution in [0, 0.1) is 25.7 Å². The molecule has 1 unspecified atom stereocenters. The van der Waals surface area contributed by atoms with Gasteiger partial charge in [-0.05, 0) is 55.7 Å². The standard InChI is InChI=1S/C21H30O4/c1-13(2)21(23)25-20(17-8-6-14(3)16(5)12-17)15(4)7-9-18-10-11-19(22)24-18/h6,8,12-13,15,18,20H,7,9-11H2,1-5H3/t15-,18-,20?/m1/s1. The van der Waals surface area contributed by atoms with Crippen molar-refractivity contribution in [2.24, 2.45) is 11.8 Å². The van der Waals surface area contributed by atoms with Gasteiger partial charge in [0.2, 0.25) is 0 Å². The third kappa shape index (κ3) is 5.32. The zero-order valence-corrected chi connectivity index (χ0v) is 16.0. The average molecular weight is 346 g/mol. The number of benzene rings is 1. The Hall–Kier alpha value is -1.84. The van der Waals surface area contributed by atoms with Crippen LogP contribution < -0.4 is 0 Å². The molecule has 0 bridgehead atoms. The lowest BCUT2D eigenvalue weighted by Crippen LogP contribution is -2.22. The van der Waals surface area contributed by atoms with Gasteiger partial charge in [-0.15, -0.1) is 0 Å². The molecule has 138 valence electrons. The number of hydrogen-bond donors (Lipinski definition) is 0. The number of carbonyl (C=O) groups excluding carboxylic acids is 2. The maximum Gasteiger partial charge on any atom is 0.308 e. The quantitative estimate of drug-likeness (QED) is 0.674. The van der Waals surface area contributed by atoms with Gasteiger partial charge in [-0.25, -0.2) is 0 Å². The number of rotatable bonds is 7. The fraction of sp³-hybridized carbons (Fsp3) is 0.619. The fourth-order valence-corrected chi connectivity index (χ4v) is 3.10. The zero-order valence-electron chi connectivity index (χ0n) is 16.0. The number of hydrogen-bond acceptors (Lipinski definition) is 4. The van der Waals surface area contributed by atoms with Gasteiger partial charge in [-0.1, -0.05) is 39.0 Å². The Balaban J connectivity index is 2.10. The molecular weight excluding hydrogens is 316 g/mol. The molecule has 1 saturated heterocycles. The molecule has 0 aliphatic carbocycles. The van der Waals surface area contributed by atoms with E-state index in [1.165, 1.54) is 11.1 Å². The summed E-state index contributed by atoms with van der Waals surface area (Å²) in [6, 6.07) is 6.23. The number of ether oxygens (including phenoxy) is 2. The molecule has 1 aromatic carbocycles. The summed E-state index contributed by atoms with van der Waals surface area (Å²) in [5.74, 6) is -0.280. The van der Waals surface area contributed by atoms with Crippen molar-refractivity contribution in [1.29, 1.82) is 0 Å². The number of aryl methyl sites for hydroxylation is 2. The molecule has 1 aliphatic heterocycles. The lowest BCUT2D eigenvalue weighted by Gasteiger charge is -2.26. The molecular formula is C21H30O4. The van der Waals surface area contributed by atoms with Crippen LogP contribution in [0.4, 0.5) is 0 Å². The second kappa shape index (κ2) is 8.50. The molecule has 0 amide bonds. The van der Waals surface area contributed by atoms with E-state index in [0.717, 1.165) is 24.8 Å². The third-order valence-corrected chi connectivity index (χ3v) is 5.00. The van der Waals surface area contributed by atoms with Gasteiger partial charge in [0.25, 0.3) is 0 Å². The van der Waals surface area contributed by atoms with Crippen molar-refractivity contribution < 1.29 is 19.1 Å². The van der Waals surface area contributed by atoms with E-state index in [1.54, 1.807) is 0 Å². The van der Waals surface area contributed by atoms with Crippen molar-refractivity contribution >= 4 is 11.9 Å². The van der Waals surface area contributed by atoms with Crippen LogP contribution in [0.2, 0.25) is 0 Å². The van der Waals surface area contributed by atoms with Gasteiger partial charge in [0.1, 0.15) is 12.2 Å². The van der Waals surface area contributed by atoms with Crippen LogP contribution in [0.25, 0.3) is 0 Å². The second-order valence-corrected chi connectivity index (χ2v) is 7.56. The molecule has 0 N–H and O–H groups in total. The Morgan fingerprint density at radius 1 is 1.24 bits per heavy atom. The molecule has 0 aromatic heterocycles. The molecule has 1 aliphatic rings. The Morgan fingerprint density at radius 3 is 2.52 bits per heavy atom. The molecule has 4 nitrogen and oxygen atoms in total. The molecule has 0 radical (unpaired) electrons. The molecule has 3 atom stereocenters. The van der Waals surface area contributed by atoms with Crippen LogP contribution in [-0.2, 0) is 19.1 Å². The van der Waals surface area contributed by atoms with Crippen molar-refractivity contribution in [3.05, 3.63) is 34.9 Å². The lowest BCUT2D eigenvalue weighted by molar-refractivity contribution is -0.156. The van der Waals surface area contributed by atoms with Gasteiger partial charge in [0, 0.05) is 6.42 Å². The van der Waals surface area contributed by atoms with Crippen molar-refractivity contribution in [2.45, 2.75) is 72.5 Å². The van der Waals surface area contributed by atoms with E-state index >= 15 is 0 Å². The Morgan fingerprint density at radius 2 is 1.96 bits per heavy atom. The van der Waals surface area contributed by atoms with Crippen molar-refractivity contribution in [3.8, 4) is 0 Å². The van der Waals surface area contributed by atoms with Crippen LogP contribution in [-0.4, -0.2) is 18.0 Å². The maximum atomic E-state index is 12.2. The third-order valence-electron chi connectivity index (χ3n) is 5.00. The average Bonchev–Trinajstić information content (AvgIpc) is 2.98. The Bertz CT molecular complexity index is 620. The number of esters is 2. The van der Waals surface area contributed by atoms with E-state index in [0.29, 0.717) is 6.42 Å². The monoisotopic (exact) mass is 346 g/mol. The molecule has 25 heavy (non-hydrogen) atoms. The molecule has 4 heteroatoms. The van der Waals surface area contributed by atoms with E-state index in [4.69, 9.17) is 9.47 Å². The first-order valence-corrected chi connectivity index (χ1v) is 9.25. The largest absolute Gasteiger partial charge is 0.462 e. The smallest absolute Gasteiger partial charge is 0.308 e. The van der Waals surface area contributed by atoms with E-state index in [1.807, 2.05) is 19.9 Å². The predicted molar refractivity (Wildman–Crippen MR) is 97.1 cm³/mol. The normalized spacial score (nSPS) is 19.6. The molecule has 2 rings (SSSR count). The first-order chi connectivity index (χ1) is 11.8. The SMILES string of the molecule is Cc1ccc(C(OC(=O)C(C)C)[C@H](C)CC[C@@H]2CCC(=O)O2)cc1C. The summed E-state index contributed by atoms with van der Waals surface area (Å²) in [6.45, 7) is 9.95. The van der Waals surface area contributed by atoms with E-state index < -0.39 is 0 Å². The van der Waals surface area contributed by atoms with E-state index in [9.17, 15) is 9.59 Å². The van der Waals surface area contributed by atoms with Crippen molar-refractivity contribution in [1.82, 2.24) is 0 Å². The predicted octanol–water partition coefficient (Wildman–Crippen LogP) is 4.67. The fourth-order valence-electron chi connectivity index (χ4n) is 3.10. The minimum absolute atomic E-state index is 0.0103. The summed E-state index contributed by atoms with van der Waals surface area (Å²) in [5, 5.41) is 0. The van der Waals surface area contributed by atoms with Gasteiger partial charge in [-0.2, -0.15) is 0 Å². The lowest BCUT2D eigenvalue weighted by atomic mass is 9.90. The molecule has 0 spiro atoms.